The van der Waals surface area contributed by atoms with Gasteiger partial charge in [-0.15, -0.1) is 21.5 Å². The van der Waals surface area contributed by atoms with Gasteiger partial charge in [-0.2, -0.15) is 4.98 Å². The zero-order valence-corrected chi connectivity index (χ0v) is 12.6. The van der Waals surface area contributed by atoms with E-state index >= 15 is 0 Å². The van der Waals surface area contributed by atoms with Crippen LogP contribution in [0.1, 0.15) is 17.6 Å². The SMILES string of the molecule is CCn1cnnc1CNc1nc(NN)nc2sc(C)cc12. The zero-order chi connectivity index (χ0) is 14.8. The van der Waals surface area contributed by atoms with Gasteiger partial charge in [0.2, 0.25) is 5.95 Å². The van der Waals surface area contributed by atoms with Crippen molar-refractivity contribution in [3.63, 3.8) is 0 Å². The van der Waals surface area contributed by atoms with Gasteiger partial charge in [0.1, 0.15) is 17.0 Å². The van der Waals surface area contributed by atoms with E-state index in [2.05, 4.69) is 43.9 Å². The Bertz CT molecular complexity index is 762. The third-order valence-electron chi connectivity index (χ3n) is 3.10. The lowest BCUT2D eigenvalue weighted by molar-refractivity contribution is 0.707. The van der Waals surface area contributed by atoms with Crippen molar-refractivity contribution in [3.05, 3.63) is 23.1 Å². The fraction of sp³-hybridized carbons (Fsp3) is 0.333. The summed E-state index contributed by atoms with van der Waals surface area (Å²) >= 11 is 1.61. The first-order chi connectivity index (χ1) is 10.2. The molecule has 0 saturated heterocycles. The third kappa shape index (κ3) is 2.65. The largest absolute Gasteiger partial charge is 0.362 e. The summed E-state index contributed by atoms with van der Waals surface area (Å²) in [5.74, 6) is 7.42. The Labute approximate surface area is 125 Å². The Morgan fingerprint density at radius 2 is 2.24 bits per heavy atom. The van der Waals surface area contributed by atoms with E-state index in [0.29, 0.717) is 12.5 Å². The van der Waals surface area contributed by atoms with Crippen molar-refractivity contribution in [2.75, 3.05) is 10.7 Å². The monoisotopic (exact) mass is 304 g/mol. The molecule has 0 unspecified atom stereocenters. The Morgan fingerprint density at radius 1 is 1.38 bits per heavy atom. The van der Waals surface area contributed by atoms with Crippen molar-refractivity contribution in [3.8, 4) is 0 Å². The molecule has 9 heteroatoms. The summed E-state index contributed by atoms with van der Waals surface area (Å²) in [6.07, 6.45) is 1.72. The number of aryl methyl sites for hydroxylation is 2. The molecule has 21 heavy (non-hydrogen) atoms. The maximum Gasteiger partial charge on any atom is 0.240 e. The molecule has 0 bridgehead atoms. The number of nitrogen functional groups attached to an aromatic ring is 1. The van der Waals surface area contributed by atoms with Gasteiger partial charge in [-0.1, -0.05) is 0 Å². The molecule has 3 heterocycles. The van der Waals surface area contributed by atoms with E-state index < -0.39 is 0 Å². The molecule has 3 rings (SSSR count). The quantitative estimate of drug-likeness (QED) is 0.484. The Balaban J connectivity index is 1.92. The van der Waals surface area contributed by atoms with Gasteiger partial charge in [0.15, 0.2) is 5.82 Å². The van der Waals surface area contributed by atoms with Crippen LogP contribution in [0, 0.1) is 6.92 Å². The Hall–Kier alpha value is -2.26. The molecule has 0 spiro atoms. The lowest BCUT2D eigenvalue weighted by Crippen LogP contribution is -2.13. The molecule has 3 aromatic rings. The van der Waals surface area contributed by atoms with Crippen molar-refractivity contribution in [2.24, 2.45) is 5.84 Å². The van der Waals surface area contributed by atoms with Crippen molar-refractivity contribution in [1.29, 1.82) is 0 Å². The number of hydrogen-bond donors (Lipinski definition) is 3. The van der Waals surface area contributed by atoms with Crippen molar-refractivity contribution in [2.45, 2.75) is 26.9 Å². The molecule has 4 N–H and O–H groups in total. The summed E-state index contributed by atoms with van der Waals surface area (Å²) < 4.78 is 1.98. The lowest BCUT2D eigenvalue weighted by atomic mass is 10.3. The van der Waals surface area contributed by atoms with Gasteiger partial charge in [0, 0.05) is 11.4 Å². The fourth-order valence-corrected chi connectivity index (χ4v) is 2.96. The maximum absolute atomic E-state index is 5.43. The van der Waals surface area contributed by atoms with Gasteiger partial charge in [0.25, 0.3) is 0 Å². The molecular weight excluding hydrogens is 288 g/mol. The lowest BCUT2D eigenvalue weighted by Gasteiger charge is -2.08. The summed E-state index contributed by atoms with van der Waals surface area (Å²) in [5.41, 5.74) is 2.50. The van der Waals surface area contributed by atoms with Crippen LogP contribution in [0.15, 0.2) is 12.4 Å². The molecule has 0 aromatic carbocycles. The second-order valence-electron chi connectivity index (χ2n) is 4.50. The van der Waals surface area contributed by atoms with Gasteiger partial charge in [-0.25, -0.2) is 10.8 Å². The fourth-order valence-electron chi connectivity index (χ4n) is 2.08. The summed E-state index contributed by atoms with van der Waals surface area (Å²) in [5, 5.41) is 12.3. The number of nitrogens with one attached hydrogen (secondary N) is 2. The third-order valence-corrected chi connectivity index (χ3v) is 4.04. The number of rotatable bonds is 5. The van der Waals surface area contributed by atoms with E-state index in [4.69, 9.17) is 5.84 Å². The number of fused-ring (bicyclic) bond motifs is 1. The van der Waals surface area contributed by atoms with Crippen LogP contribution in [0.5, 0.6) is 0 Å². The molecule has 0 saturated carbocycles. The van der Waals surface area contributed by atoms with Crippen LogP contribution in [0.25, 0.3) is 10.2 Å². The smallest absolute Gasteiger partial charge is 0.240 e. The van der Waals surface area contributed by atoms with Crippen LogP contribution in [0.2, 0.25) is 0 Å². The first-order valence-corrected chi connectivity index (χ1v) is 7.38. The molecule has 0 fully saturated rings. The van der Waals surface area contributed by atoms with E-state index in [1.807, 2.05) is 11.5 Å². The second-order valence-corrected chi connectivity index (χ2v) is 5.74. The summed E-state index contributed by atoms with van der Waals surface area (Å²) in [7, 11) is 0. The number of nitrogens with two attached hydrogens (primary N) is 1. The van der Waals surface area contributed by atoms with Crippen LogP contribution < -0.4 is 16.6 Å². The average Bonchev–Trinajstić information content (AvgIpc) is 3.09. The standard InChI is InChI=1S/C12H16N8S/c1-3-20-6-15-19-9(20)5-14-10-8-4-7(2)21-11(8)17-12(16-10)18-13/h4,6H,3,5,13H2,1-2H3,(H2,14,16,17,18). The highest BCUT2D eigenvalue weighted by Crippen LogP contribution is 2.29. The number of hydrogen-bond acceptors (Lipinski definition) is 8. The highest BCUT2D eigenvalue weighted by atomic mass is 32.1. The van der Waals surface area contributed by atoms with Gasteiger partial charge in [-0.3, -0.25) is 5.43 Å². The second kappa shape index (κ2) is 5.62. The molecular formula is C12H16N8S. The van der Waals surface area contributed by atoms with Crippen molar-refractivity contribution >= 4 is 33.3 Å². The van der Waals surface area contributed by atoms with Gasteiger partial charge in [-0.05, 0) is 19.9 Å². The topological polar surface area (TPSA) is 107 Å². The van der Waals surface area contributed by atoms with E-state index in [0.717, 1.165) is 28.4 Å². The molecule has 0 aliphatic carbocycles. The molecule has 8 nitrogen and oxygen atoms in total. The minimum Gasteiger partial charge on any atom is -0.362 e. The van der Waals surface area contributed by atoms with Crippen LogP contribution in [-0.2, 0) is 13.1 Å². The molecule has 110 valence electrons. The van der Waals surface area contributed by atoms with Crippen LogP contribution >= 0.6 is 11.3 Å². The number of hydrazine groups is 1. The number of anilines is 2. The van der Waals surface area contributed by atoms with E-state index in [-0.39, 0.29) is 0 Å². The highest BCUT2D eigenvalue weighted by Gasteiger charge is 2.11. The minimum atomic E-state index is 0.392. The van der Waals surface area contributed by atoms with E-state index in [1.165, 1.54) is 4.88 Å². The molecule has 0 amide bonds. The Morgan fingerprint density at radius 3 is 3.00 bits per heavy atom. The first kappa shape index (κ1) is 13.7. The molecule has 3 aromatic heterocycles. The summed E-state index contributed by atoms with van der Waals surface area (Å²) in [4.78, 5) is 10.8. The maximum atomic E-state index is 5.43. The Kier molecular flexibility index (Phi) is 3.67. The zero-order valence-electron chi connectivity index (χ0n) is 11.8. The average molecular weight is 304 g/mol. The van der Waals surface area contributed by atoms with Crippen LogP contribution in [0.4, 0.5) is 11.8 Å². The first-order valence-electron chi connectivity index (χ1n) is 6.56. The summed E-state index contributed by atoms with van der Waals surface area (Å²) in [6, 6.07) is 2.06. The summed E-state index contributed by atoms with van der Waals surface area (Å²) in [6.45, 7) is 5.46. The van der Waals surface area contributed by atoms with Gasteiger partial charge >= 0.3 is 0 Å². The minimum absolute atomic E-state index is 0.392. The highest BCUT2D eigenvalue weighted by molar-refractivity contribution is 7.18. The molecule has 0 atom stereocenters. The van der Waals surface area contributed by atoms with Gasteiger partial charge < -0.3 is 9.88 Å². The van der Waals surface area contributed by atoms with Crippen molar-refractivity contribution in [1.82, 2.24) is 24.7 Å². The molecule has 0 aliphatic rings. The van der Waals surface area contributed by atoms with Crippen LogP contribution in [0.3, 0.4) is 0 Å². The predicted octanol–water partition coefficient (Wildman–Crippen LogP) is 1.51. The number of nitrogens with zero attached hydrogens (tertiary/aromatic N) is 5. The van der Waals surface area contributed by atoms with Gasteiger partial charge in [0.05, 0.1) is 11.9 Å². The van der Waals surface area contributed by atoms with E-state index in [9.17, 15) is 0 Å². The molecule has 0 radical (unpaired) electrons. The predicted molar refractivity (Wildman–Crippen MR) is 83.0 cm³/mol. The molecule has 0 aliphatic heterocycles. The number of aromatic nitrogens is 5. The van der Waals surface area contributed by atoms with Crippen LogP contribution in [-0.4, -0.2) is 24.7 Å². The number of thiophene rings is 1. The van der Waals surface area contributed by atoms with E-state index in [1.54, 1.807) is 17.7 Å². The van der Waals surface area contributed by atoms with Crippen molar-refractivity contribution < 1.29 is 0 Å². The normalized spacial score (nSPS) is 11.0.